The summed E-state index contributed by atoms with van der Waals surface area (Å²) >= 11 is 0. The van der Waals surface area contributed by atoms with Gasteiger partial charge in [0.25, 0.3) is 12.1 Å². The molecule has 0 aliphatic heterocycles. The molecule has 1 aromatic heterocycles. The fourth-order valence-electron chi connectivity index (χ4n) is 2.72. The molecule has 0 saturated carbocycles. The predicted molar refractivity (Wildman–Crippen MR) is 95.6 cm³/mol. The largest absolute Gasteiger partial charge is 0.394 e. The van der Waals surface area contributed by atoms with Gasteiger partial charge in [-0.25, -0.2) is 8.78 Å². The molecule has 2 rings (SSSR count). The average molecular weight is 429 g/mol. The number of hydrogen-bond acceptors (Lipinski definition) is 8. The summed E-state index contributed by atoms with van der Waals surface area (Å²) < 4.78 is 26.7. The lowest BCUT2D eigenvalue weighted by molar-refractivity contribution is -0.386. The molecule has 2 aromatic rings. The van der Waals surface area contributed by atoms with Crippen LogP contribution in [0.1, 0.15) is 29.5 Å². The fraction of sp³-hybridized carbons (Fsp3) is 0.375. The fourth-order valence-corrected chi connectivity index (χ4v) is 2.72. The van der Waals surface area contributed by atoms with Crippen LogP contribution in [0.5, 0.6) is 0 Å². The van der Waals surface area contributed by atoms with Crippen LogP contribution in [0.4, 0.5) is 20.2 Å². The molecule has 0 spiro atoms. The topological polar surface area (TPSA) is 174 Å². The summed E-state index contributed by atoms with van der Waals surface area (Å²) in [6.07, 6.45) is -4.66. The average Bonchev–Trinajstić information content (AvgIpc) is 3.02. The molecular weight excluding hydrogens is 412 g/mol. The number of aliphatic hydroxyl groups excluding tert-OH is 2. The highest BCUT2D eigenvalue weighted by Crippen LogP contribution is 2.30. The Balaban J connectivity index is 2.15. The minimum absolute atomic E-state index is 0.172. The minimum atomic E-state index is -3.22. The first-order chi connectivity index (χ1) is 14.1. The van der Waals surface area contributed by atoms with Crippen molar-refractivity contribution in [2.75, 3.05) is 6.61 Å². The summed E-state index contributed by atoms with van der Waals surface area (Å²) in [5.41, 5.74) is -2.29. The number of aromatic nitrogens is 2. The molecule has 2 unspecified atom stereocenters. The molecule has 12 nitrogen and oxygen atoms in total. The van der Waals surface area contributed by atoms with Crippen molar-refractivity contribution >= 4 is 17.3 Å². The Morgan fingerprint density at radius 1 is 1.23 bits per heavy atom. The second-order valence-electron chi connectivity index (χ2n) is 6.18. The number of nitrogens with zero attached hydrogens (tertiary/aromatic N) is 4. The number of nitrogens with one attached hydrogen (secondary N) is 1. The Morgan fingerprint density at radius 2 is 1.83 bits per heavy atom. The summed E-state index contributed by atoms with van der Waals surface area (Å²) in [6.45, 7) is -0.243. The number of non-ortho nitro benzene ring substituents is 1. The van der Waals surface area contributed by atoms with Gasteiger partial charge in [-0.3, -0.25) is 29.7 Å². The normalized spacial score (nSPS) is 13.1. The maximum absolute atomic E-state index is 13.0. The quantitative estimate of drug-likeness (QED) is 0.393. The SMILES string of the molecule is Cc1c([N+](=O)[O-])c(C(F)F)nn1CC(=O)NC(CO)C(O)c1ccc([N+](=O)[O-])cc1. The van der Waals surface area contributed by atoms with E-state index < -0.39 is 58.9 Å². The minimum Gasteiger partial charge on any atom is -0.394 e. The third-order valence-corrected chi connectivity index (χ3v) is 4.25. The van der Waals surface area contributed by atoms with Crippen LogP contribution in [0.3, 0.4) is 0 Å². The van der Waals surface area contributed by atoms with Crippen LogP contribution in [-0.2, 0) is 11.3 Å². The van der Waals surface area contributed by atoms with Gasteiger partial charge in [0, 0.05) is 12.1 Å². The summed E-state index contributed by atoms with van der Waals surface area (Å²) in [5.74, 6) is -0.865. The Morgan fingerprint density at radius 3 is 2.27 bits per heavy atom. The lowest BCUT2D eigenvalue weighted by Gasteiger charge is -2.22. The molecule has 0 saturated heterocycles. The predicted octanol–water partition coefficient (Wildman–Crippen LogP) is 1.16. The number of halogens is 2. The molecule has 0 fully saturated rings. The smallest absolute Gasteiger partial charge is 0.319 e. The second kappa shape index (κ2) is 9.32. The number of carbonyl (C=O) groups is 1. The van der Waals surface area contributed by atoms with E-state index in [4.69, 9.17) is 0 Å². The van der Waals surface area contributed by atoms with Crippen molar-refractivity contribution in [3.63, 3.8) is 0 Å². The monoisotopic (exact) mass is 429 g/mol. The van der Waals surface area contributed by atoms with Gasteiger partial charge in [0.2, 0.25) is 11.6 Å². The van der Waals surface area contributed by atoms with E-state index in [9.17, 15) is 44.0 Å². The van der Waals surface area contributed by atoms with E-state index >= 15 is 0 Å². The maximum atomic E-state index is 13.0. The molecule has 0 aliphatic rings. The number of aliphatic hydroxyl groups is 2. The van der Waals surface area contributed by atoms with Crippen LogP contribution in [0.15, 0.2) is 24.3 Å². The van der Waals surface area contributed by atoms with E-state index in [-0.39, 0.29) is 16.9 Å². The summed E-state index contributed by atoms with van der Waals surface area (Å²) in [6, 6.07) is 3.51. The highest BCUT2D eigenvalue weighted by molar-refractivity contribution is 5.76. The van der Waals surface area contributed by atoms with Gasteiger partial charge in [-0.05, 0) is 24.6 Å². The van der Waals surface area contributed by atoms with Crippen molar-refractivity contribution in [1.29, 1.82) is 0 Å². The molecular formula is C16H17F2N5O7. The van der Waals surface area contributed by atoms with Crippen molar-refractivity contribution in [3.8, 4) is 0 Å². The number of hydrogen-bond donors (Lipinski definition) is 3. The third-order valence-electron chi connectivity index (χ3n) is 4.25. The van der Waals surface area contributed by atoms with Crippen LogP contribution >= 0.6 is 0 Å². The van der Waals surface area contributed by atoms with Crippen LogP contribution in [0.25, 0.3) is 0 Å². The Bertz CT molecular complexity index is 948. The van der Waals surface area contributed by atoms with Crippen molar-refractivity contribution in [2.24, 2.45) is 0 Å². The molecule has 0 radical (unpaired) electrons. The third kappa shape index (κ3) is 4.90. The number of nitro benzene ring substituents is 1. The van der Waals surface area contributed by atoms with Crippen molar-refractivity contribution in [2.45, 2.75) is 32.0 Å². The molecule has 0 bridgehead atoms. The van der Waals surface area contributed by atoms with Crippen LogP contribution < -0.4 is 5.32 Å². The highest BCUT2D eigenvalue weighted by Gasteiger charge is 2.32. The van der Waals surface area contributed by atoms with Crippen LogP contribution in [0, 0.1) is 27.2 Å². The molecule has 2 atom stereocenters. The van der Waals surface area contributed by atoms with Crippen LogP contribution in [-0.4, -0.2) is 48.4 Å². The van der Waals surface area contributed by atoms with E-state index in [1.54, 1.807) is 0 Å². The van der Waals surface area contributed by atoms with E-state index in [0.717, 1.165) is 23.7 Å². The summed E-state index contributed by atoms with van der Waals surface area (Å²) in [4.78, 5) is 32.2. The van der Waals surface area contributed by atoms with E-state index in [1.165, 1.54) is 12.1 Å². The van der Waals surface area contributed by atoms with Gasteiger partial charge in [0.15, 0.2) is 0 Å². The Hall–Kier alpha value is -3.52. The first-order valence-electron chi connectivity index (χ1n) is 8.39. The van der Waals surface area contributed by atoms with Gasteiger partial charge in [-0.2, -0.15) is 5.10 Å². The zero-order chi connectivity index (χ0) is 22.6. The van der Waals surface area contributed by atoms with Gasteiger partial charge in [-0.1, -0.05) is 0 Å². The second-order valence-corrected chi connectivity index (χ2v) is 6.18. The van der Waals surface area contributed by atoms with Crippen molar-refractivity contribution < 1.29 is 33.6 Å². The molecule has 162 valence electrons. The van der Waals surface area contributed by atoms with Crippen molar-refractivity contribution in [3.05, 3.63) is 61.4 Å². The summed E-state index contributed by atoms with van der Waals surface area (Å²) in [5, 5.41) is 47.1. The number of amides is 1. The molecule has 1 heterocycles. The van der Waals surface area contributed by atoms with Gasteiger partial charge in [0.1, 0.15) is 18.3 Å². The molecule has 0 aliphatic carbocycles. The van der Waals surface area contributed by atoms with Crippen molar-refractivity contribution in [1.82, 2.24) is 15.1 Å². The molecule has 14 heteroatoms. The molecule has 30 heavy (non-hydrogen) atoms. The number of nitro groups is 2. The summed E-state index contributed by atoms with van der Waals surface area (Å²) in [7, 11) is 0. The Labute approximate surface area is 167 Å². The maximum Gasteiger partial charge on any atom is 0.319 e. The number of carbonyl (C=O) groups excluding carboxylic acids is 1. The number of benzene rings is 1. The molecule has 3 N–H and O–H groups in total. The number of alkyl halides is 2. The lowest BCUT2D eigenvalue weighted by Crippen LogP contribution is -2.43. The van der Waals surface area contributed by atoms with E-state index in [0.29, 0.717) is 0 Å². The first-order valence-corrected chi connectivity index (χ1v) is 8.39. The van der Waals surface area contributed by atoms with E-state index in [2.05, 4.69) is 10.4 Å². The van der Waals surface area contributed by atoms with E-state index in [1.807, 2.05) is 0 Å². The molecule has 1 amide bonds. The zero-order valence-corrected chi connectivity index (χ0v) is 15.4. The first kappa shape index (κ1) is 22.8. The lowest BCUT2D eigenvalue weighted by atomic mass is 10.0. The van der Waals surface area contributed by atoms with Crippen LogP contribution in [0.2, 0.25) is 0 Å². The highest BCUT2D eigenvalue weighted by atomic mass is 19.3. The van der Waals surface area contributed by atoms with Gasteiger partial charge in [0.05, 0.1) is 22.5 Å². The standard InChI is InChI=1S/C16H17F2N5O7/c1-8-14(23(29)30)13(16(17)18)20-21(8)6-12(25)19-11(7-24)15(26)9-2-4-10(5-3-9)22(27)28/h2-5,11,15-16,24,26H,6-7H2,1H3,(H,19,25). The Kier molecular flexibility index (Phi) is 7.07. The van der Waals surface area contributed by atoms with Gasteiger partial charge < -0.3 is 15.5 Å². The van der Waals surface area contributed by atoms with Gasteiger partial charge in [-0.15, -0.1) is 0 Å². The van der Waals surface area contributed by atoms with Gasteiger partial charge >= 0.3 is 5.69 Å². The number of rotatable bonds is 9. The molecule has 1 aromatic carbocycles. The zero-order valence-electron chi connectivity index (χ0n) is 15.4.